The first-order valence-electron chi connectivity index (χ1n) is 8.53. The summed E-state index contributed by atoms with van der Waals surface area (Å²) in [6.45, 7) is 5.74. The van der Waals surface area contributed by atoms with Gasteiger partial charge in [0.05, 0.1) is 5.69 Å². The molecule has 0 radical (unpaired) electrons. The van der Waals surface area contributed by atoms with E-state index in [4.69, 9.17) is 0 Å². The Labute approximate surface area is 137 Å². The van der Waals surface area contributed by atoms with Crippen LogP contribution in [0.4, 0.5) is 5.69 Å². The maximum atomic E-state index is 3.79. The molecule has 0 amide bonds. The zero-order valence-electron chi connectivity index (χ0n) is 13.1. The quantitative estimate of drug-likeness (QED) is 0.826. The van der Waals surface area contributed by atoms with Gasteiger partial charge in [0.15, 0.2) is 0 Å². The molecule has 21 heavy (non-hydrogen) atoms. The van der Waals surface area contributed by atoms with Crippen LogP contribution in [0.15, 0.2) is 22.7 Å². The van der Waals surface area contributed by atoms with Gasteiger partial charge in [0, 0.05) is 30.1 Å². The molecule has 1 aromatic rings. The van der Waals surface area contributed by atoms with Crippen molar-refractivity contribution in [2.45, 2.75) is 58.0 Å². The standard InChI is InChI=1S/C18H27BrN2/c1-2-14-4-3-10-21(11-9-14)18-8-5-15(12-17(18)19)13-20-16-6-7-16/h5,8,12,14,16,20H,2-4,6-7,9-11,13H2,1H3. The van der Waals surface area contributed by atoms with Crippen LogP contribution in [-0.2, 0) is 6.54 Å². The molecule has 1 unspecified atom stereocenters. The van der Waals surface area contributed by atoms with Crippen molar-refractivity contribution in [2.24, 2.45) is 5.92 Å². The molecule has 2 aliphatic rings. The zero-order valence-corrected chi connectivity index (χ0v) is 14.7. The van der Waals surface area contributed by atoms with Crippen molar-refractivity contribution in [2.75, 3.05) is 18.0 Å². The molecule has 1 atom stereocenters. The third kappa shape index (κ3) is 4.23. The van der Waals surface area contributed by atoms with Gasteiger partial charge in [-0.25, -0.2) is 0 Å². The van der Waals surface area contributed by atoms with Gasteiger partial charge in [-0.15, -0.1) is 0 Å². The first-order chi connectivity index (χ1) is 10.3. The van der Waals surface area contributed by atoms with Crippen molar-refractivity contribution >= 4 is 21.6 Å². The Hall–Kier alpha value is -0.540. The molecule has 1 saturated carbocycles. The van der Waals surface area contributed by atoms with E-state index in [2.05, 4.69) is 51.3 Å². The Kier molecular flexibility index (Phi) is 5.23. The number of rotatable bonds is 5. The third-order valence-corrected chi connectivity index (χ3v) is 5.59. The fourth-order valence-electron chi connectivity index (χ4n) is 3.28. The highest BCUT2D eigenvalue weighted by Crippen LogP contribution is 2.31. The molecular formula is C18H27BrN2. The van der Waals surface area contributed by atoms with Crippen molar-refractivity contribution in [3.05, 3.63) is 28.2 Å². The predicted molar refractivity (Wildman–Crippen MR) is 93.8 cm³/mol. The molecule has 0 spiro atoms. The van der Waals surface area contributed by atoms with Crippen LogP contribution >= 0.6 is 15.9 Å². The molecule has 1 heterocycles. The zero-order chi connectivity index (χ0) is 14.7. The second-order valence-corrected chi connectivity index (χ2v) is 7.49. The highest BCUT2D eigenvalue weighted by molar-refractivity contribution is 9.10. The molecule has 3 heteroatoms. The number of hydrogen-bond donors (Lipinski definition) is 1. The minimum Gasteiger partial charge on any atom is -0.371 e. The number of benzene rings is 1. The monoisotopic (exact) mass is 350 g/mol. The highest BCUT2D eigenvalue weighted by Gasteiger charge is 2.20. The molecule has 0 bridgehead atoms. The van der Waals surface area contributed by atoms with Crippen LogP contribution in [-0.4, -0.2) is 19.1 Å². The molecule has 3 rings (SSSR count). The molecule has 1 N–H and O–H groups in total. The van der Waals surface area contributed by atoms with Gasteiger partial charge in [0.25, 0.3) is 0 Å². The van der Waals surface area contributed by atoms with E-state index in [-0.39, 0.29) is 0 Å². The van der Waals surface area contributed by atoms with Gasteiger partial charge >= 0.3 is 0 Å². The fourth-order valence-corrected chi connectivity index (χ4v) is 3.96. The molecule has 1 saturated heterocycles. The first kappa shape index (κ1) is 15.4. The van der Waals surface area contributed by atoms with Gasteiger partial charge in [0.2, 0.25) is 0 Å². The Morgan fingerprint density at radius 2 is 2.05 bits per heavy atom. The van der Waals surface area contributed by atoms with Gasteiger partial charge < -0.3 is 10.2 Å². The minimum atomic E-state index is 0.778. The van der Waals surface area contributed by atoms with Crippen molar-refractivity contribution in [1.82, 2.24) is 5.32 Å². The maximum absolute atomic E-state index is 3.79. The molecule has 2 nitrogen and oxygen atoms in total. The number of hydrogen-bond acceptors (Lipinski definition) is 2. The summed E-state index contributed by atoms with van der Waals surface area (Å²) in [5.74, 6) is 0.927. The van der Waals surface area contributed by atoms with E-state index in [1.54, 1.807) is 0 Å². The van der Waals surface area contributed by atoms with Crippen LogP contribution in [0.5, 0.6) is 0 Å². The summed E-state index contributed by atoms with van der Waals surface area (Å²) in [5.41, 5.74) is 2.76. The smallest absolute Gasteiger partial charge is 0.0510 e. The molecule has 1 aliphatic carbocycles. The van der Waals surface area contributed by atoms with Crippen LogP contribution in [0, 0.1) is 5.92 Å². The second-order valence-electron chi connectivity index (χ2n) is 6.63. The van der Waals surface area contributed by atoms with Gasteiger partial charge in [-0.05, 0) is 71.6 Å². The average molecular weight is 351 g/mol. The molecule has 116 valence electrons. The summed E-state index contributed by atoms with van der Waals surface area (Å²) in [5, 5.41) is 3.59. The fraction of sp³-hybridized carbons (Fsp3) is 0.667. The van der Waals surface area contributed by atoms with Gasteiger partial charge in [0.1, 0.15) is 0 Å². The van der Waals surface area contributed by atoms with Crippen molar-refractivity contribution in [3.8, 4) is 0 Å². The second kappa shape index (κ2) is 7.15. The summed E-state index contributed by atoms with van der Waals surface area (Å²) in [6, 6.07) is 7.67. The van der Waals surface area contributed by atoms with E-state index in [0.29, 0.717) is 0 Å². The molecule has 2 fully saturated rings. The maximum Gasteiger partial charge on any atom is 0.0510 e. The van der Waals surface area contributed by atoms with E-state index >= 15 is 0 Å². The van der Waals surface area contributed by atoms with E-state index in [0.717, 1.165) is 18.5 Å². The van der Waals surface area contributed by atoms with E-state index in [1.165, 1.54) is 67.3 Å². The number of halogens is 1. The first-order valence-corrected chi connectivity index (χ1v) is 9.32. The molecule has 1 aliphatic heterocycles. The van der Waals surface area contributed by atoms with Crippen LogP contribution in [0.2, 0.25) is 0 Å². The van der Waals surface area contributed by atoms with E-state index in [1.807, 2.05) is 0 Å². The van der Waals surface area contributed by atoms with Crippen LogP contribution in [0.25, 0.3) is 0 Å². The van der Waals surface area contributed by atoms with Crippen LogP contribution in [0.3, 0.4) is 0 Å². The van der Waals surface area contributed by atoms with Crippen molar-refractivity contribution < 1.29 is 0 Å². The summed E-state index contributed by atoms with van der Waals surface area (Å²) in [7, 11) is 0. The number of nitrogens with zero attached hydrogens (tertiary/aromatic N) is 1. The van der Waals surface area contributed by atoms with Gasteiger partial charge in [-0.1, -0.05) is 19.4 Å². The SMILES string of the molecule is CCC1CCCN(c2ccc(CNC3CC3)cc2Br)CC1. The lowest BCUT2D eigenvalue weighted by atomic mass is 9.98. The normalized spacial score (nSPS) is 23.1. The van der Waals surface area contributed by atoms with E-state index < -0.39 is 0 Å². The lowest BCUT2D eigenvalue weighted by Crippen LogP contribution is -2.24. The van der Waals surface area contributed by atoms with Crippen LogP contribution < -0.4 is 10.2 Å². The topological polar surface area (TPSA) is 15.3 Å². The lowest BCUT2D eigenvalue weighted by Gasteiger charge is -2.24. The lowest BCUT2D eigenvalue weighted by molar-refractivity contribution is 0.459. The van der Waals surface area contributed by atoms with Crippen molar-refractivity contribution in [1.29, 1.82) is 0 Å². The Morgan fingerprint density at radius 1 is 1.19 bits per heavy atom. The number of anilines is 1. The summed E-state index contributed by atoms with van der Waals surface area (Å²) < 4.78 is 1.26. The predicted octanol–water partition coefficient (Wildman–Crippen LogP) is 4.72. The average Bonchev–Trinajstić information content (AvgIpc) is 3.32. The Morgan fingerprint density at radius 3 is 2.76 bits per heavy atom. The summed E-state index contributed by atoms with van der Waals surface area (Å²) in [4.78, 5) is 2.57. The summed E-state index contributed by atoms with van der Waals surface area (Å²) in [6.07, 6.45) is 8.11. The third-order valence-electron chi connectivity index (χ3n) is 4.95. The molecule has 1 aromatic carbocycles. The van der Waals surface area contributed by atoms with Crippen molar-refractivity contribution in [3.63, 3.8) is 0 Å². The highest BCUT2D eigenvalue weighted by atomic mass is 79.9. The Bertz CT molecular complexity index is 470. The summed E-state index contributed by atoms with van der Waals surface area (Å²) >= 11 is 3.79. The largest absolute Gasteiger partial charge is 0.371 e. The van der Waals surface area contributed by atoms with Gasteiger partial charge in [-0.2, -0.15) is 0 Å². The molecular weight excluding hydrogens is 324 g/mol. The van der Waals surface area contributed by atoms with E-state index in [9.17, 15) is 0 Å². The molecule has 0 aromatic heterocycles. The van der Waals surface area contributed by atoms with Gasteiger partial charge in [-0.3, -0.25) is 0 Å². The Balaban J connectivity index is 1.63. The number of nitrogens with one attached hydrogen (secondary N) is 1. The minimum absolute atomic E-state index is 0.778. The van der Waals surface area contributed by atoms with Crippen LogP contribution in [0.1, 0.15) is 51.0 Å².